The van der Waals surface area contributed by atoms with E-state index in [0.717, 1.165) is 61.7 Å². The molecule has 1 saturated heterocycles. The molecule has 7 nitrogen and oxygen atoms in total. The van der Waals surface area contributed by atoms with E-state index in [1.165, 1.54) is 0 Å². The lowest BCUT2D eigenvalue weighted by Gasteiger charge is -2.30. The molecule has 32 heavy (non-hydrogen) atoms. The van der Waals surface area contributed by atoms with Gasteiger partial charge >= 0.3 is 0 Å². The molecule has 1 aromatic carbocycles. The van der Waals surface area contributed by atoms with Crippen LogP contribution in [-0.4, -0.2) is 52.8 Å². The Bertz CT molecular complexity index is 926. The van der Waals surface area contributed by atoms with Crippen molar-refractivity contribution in [2.45, 2.75) is 57.6 Å². The van der Waals surface area contributed by atoms with Crippen LogP contribution in [0.15, 0.2) is 34.9 Å². The lowest BCUT2D eigenvalue weighted by Crippen LogP contribution is -2.40. The molecule has 0 atom stereocenters. The van der Waals surface area contributed by atoms with Gasteiger partial charge in [0, 0.05) is 28.8 Å². The number of hydrogen-bond acceptors (Lipinski definition) is 6. The third kappa shape index (κ3) is 5.66. The number of aliphatic hydroxyl groups is 1. The molecule has 0 unspecified atom stereocenters. The molecule has 1 aliphatic heterocycles. The van der Waals surface area contributed by atoms with E-state index in [1.54, 1.807) is 6.20 Å². The zero-order valence-electron chi connectivity index (χ0n) is 18.6. The zero-order valence-corrected chi connectivity index (χ0v) is 20.1. The molecule has 1 saturated carbocycles. The maximum atomic E-state index is 13.7. The summed E-state index contributed by atoms with van der Waals surface area (Å²) >= 11 is 3.56. The van der Waals surface area contributed by atoms with E-state index in [9.17, 15) is 9.90 Å². The van der Waals surface area contributed by atoms with E-state index < -0.39 is 0 Å². The van der Waals surface area contributed by atoms with E-state index in [-0.39, 0.29) is 18.1 Å². The van der Waals surface area contributed by atoms with Crippen molar-refractivity contribution in [3.8, 4) is 0 Å². The van der Waals surface area contributed by atoms with Crippen molar-refractivity contribution in [2.75, 3.05) is 29.9 Å². The molecular weight excluding hydrogens is 470 g/mol. The quantitative estimate of drug-likeness (QED) is 0.555. The Morgan fingerprint density at radius 2 is 1.94 bits per heavy atom. The largest absolute Gasteiger partial charge is 0.393 e. The minimum absolute atomic E-state index is 0.0345. The Morgan fingerprint density at radius 3 is 2.69 bits per heavy atom. The minimum atomic E-state index is -0.202. The Kier molecular flexibility index (Phi) is 7.75. The van der Waals surface area contributed by atoms with Crippen LogP contribution < -0.4 is 15.5 Å². The van der Waals surface area contributed by atoms with Gasteiger partial charge in [0.05, 0.1) is 6.10 Å². The first-order chi connectivity index (χ1) is 15.5. The highest BCUT2D eigenvalue weighted by Gasteiger charge is 2.26. The molecule has 2 aliphatic rings. The van der Waals surface area contributed by atoms with E-state index in [1.807, 2.05) is 36.1 Å². The van der Waals surface area contributed by atoms with Gasteiger partial charge in [0.15, 0.2) is 0 Å². The van der Waals surface area contributed by atoms with Crippen LogP contribution in [-0.2, 0) is 0 Å². The first-order valence-electron chi connectivity index (χ1n) is 11.6. The number of amides is 1. The molecule has 2 fully saturated rings. The molecule has 0 radical (unpaired) electrons. The number of aromatic nitrogens is 2. The molecule has 172 valence electrons. The van der Waals surface area contributed by atoms with Crippen LogP contribution >= 0.6 is 15.9 Å². The topological polar surface area (TPSA) is 90.4 Å². The van der Waals surface area contributed by atoms with Crippen molar-refractivity contribution in [3.63, 3.8) is 0 Å². The highest BCUT2D eigenvalue weighted by atomic mass is 79.9. The number of hydrogen-bond donors (Lipinski definition) is 3. The van der Waals surface area contributed by atoms with E-state index in [2.05, 4.69) is 31.5 Å². The predicted molar refractivity (Wildman–Crippen MR) is 130 cm³/mol. The van der Waals surface area contributed by atoms with Gasteiger partial charge in [0.25, 0.3) is 5.91 Å². The lowest BCUT2D eigenvalue weighted by molar-refractivity contribution is 0.0979. The van der Waals surface area contributed by atoms with E-state index in [4.69, 9.17) is 4.98 Å². The van der Waals surface area contributed by atoms with Crippen LogP contribution in [0.3, 0.4) is 0 Å². The standard InChI is InChI=1S/C24H32BrN5O2/c1-16-20(3-2-4-21(16)25)23(32)30(15-17-9-12-26-13-10-17)22-11-14-27-24(29-22)28-18-5-7-19(31)8-6-18/h2-4,11,14,17-19,26,31H,5-10,12-13,15H2,1H3,(H,27,28,29). The maximum Gasteiger partial charge on any atom is 0.259 e. The maximum absolute atomic E-state index is 13.7. The van der Waals surface area contributed by atoms with Gasteiger partial charge in [-0.15, -0.1) is 0 Å². The van der Waals surface area contributed by atoms with Crippen molar-refractivity contribution in [1.29, 1.82) is 0 Å². The summed E-state index contributed by atoms with van der Waals surface area (Å²) in [5.74, 6) is 1.56. The Balaban J connectivity index is 1.59. The van der Waals surface area contributed by atoms with Gasteiger partial charge in [0.2, 0.25) is 5.95 Å². The number of aliphatic hydroxyl groups excluding tert-OH is 1. The number of piperidine rings is 1. The van der Waals surface area contributed by atoms with Crippen LogP contribution in [0, 0.1) is 12.8 Å². The van der Waals surface area contributed by atoms with E-state index >= 15 is 0 Å². The average Bonchev–Trinajstić information content (AvgIpc) is 2.81. The number of nitrogens with zero attached hydrogens (tertiary/aromatic N) is 3. The summed E-state index contributed by atoms with van der Waals surface area (Å²) in [4.78, 5) is 24.7. The number of benzene rings is 1. The Hall–Kier alpha value is -2.03. The smallest absolute Gasteiger partial charge is 0.259 e. The van der Waals surface area contributed by atoms with E-state index in [0.29, 0.717) is 29.8 Å². The summed E-state index contributed by atoms with van der Waals surface area (Å²) in [6.07, 6.45) is 6.97. The normalized spacial score (nSPS) is 21.8. The van der Waals surface area contributed by atoms with Crippen molar-refractivity contribution in [1.82, 2.24) is 15.3 Å². The molecule has 2 heterocycles. The highest BCUT2D eigenvalue weighted by molar-refractivity contribution is 9.10. The molecule has 2 aromatic rings. The van der Waals surface area contributed by atoms with Crippen molar-refractivity contribution >= 4 is 33.6 Å². The summed E-state index contributed by atoms with van der Waals surface area (Å²) in [6, 6.07) is 7.80. The molecule has 8 heteroatoms. The fourth-order valence-electron chi connectivity index (χ4n) is 4.56. The molecular formula is C24H32BrN5O2. The van der Waals surface area contributed by atoms with Gasteiger partial charge < -0.3 is 15.7 Å². The SMILES string of the molecule is Cc1c(Br)cccc1C(=O)N(CC1CCNCC1)c1ccnc(NC2CCC(O)CC2)n1. The Morgan fingerprint density at radius 1 is 1.19 bits per heavy atom. The van der Waals surface area contributed by atoms with Gasteiger partial charge in [-0.3, -0.25) is 9.69 Å². The number of nitrogens with one attached hydrogen (secondary N) is 2. The third-order valence-electron chi connectivity index (χ3n) is 6.59. The van der Waals surface area contributed by atoms with Crippen molar-refractivity contribution in [3.05, 3.63) is 46.1 Å². The van der Waals surface area contributed by atoms with Crippen molar-refractivity contribution < 1.29 is 9.90 Å². The van der Waals surface area contributed by atoms with Gasteiger partial charge in [-0.2, -0.15) is 4.98 Å². The summed E-state index contributed by atoms with van der Waals surface area (Å²) in [5.41, 5.74) is 1.61. The second kappa shape index (κ2) is 10.7. The molecule has 4 rings (SSSR count). The monoisotopic (exact) mass is 501 g/mol. The summed E-state index contributed by atoms with van der Waals surface area (Å²) in [6.45, 7) is 4.56. The Labute approximate surface area is 198 Å². The zero-order chi connectivity index (χ0) is 22.5. The van der Waals surface area contributed by atoms with Crippen LogP contribution in [0.1, 0.15) is 54.4 Å². The van der Waals surface area contributed by atoms with Crippen LogP contribution in [0.5, 0.6) is 0 Å². The van der Waals surface area contributed by atoms with Crippen LogP contribution in [0.25, 0.3) is 0 Å². The third-order valence-corrected chi connectivity index (χ3v) is 7.45. The fourth-order valence-corrected chi connectivity index (χ4v) is 4.93. The average molecular weight is 502 g/mol. The number of rotatable bonds is 6. The molecule has 1 amide bonds. The van der Waals surface area contributed by atoms with Crippen LogP contribution in [0.4, 0.5) is 11.8 Å². The predicted octanol–water partition coefficient (Wildman–Crippen LogP) is 3.91. The van der Waals surface area contributed by atoms with Crippen molar-refractivity contribution in [2.24, 2.45) is 5.92 Å². The molecule has 0 spiro atoms. The summed E-state index contributed by atoms with van der Waals surface area (Å²) in [7, 11) is 0. The molecule has 1 aromatic heterocycles. The summed E-state index contributed by atoms with van der Waals surface area (Å²) < 4.78 is 0.926. The summed E-state index contributed by atoms with van der Waals surface area (Å²) in [5, 5.41) is 16.6. The fraction of sp³-hybridized carbons (Fsp3) is 0.542. The number of anilines is 2. The first-order valence-corrected chi connectivity index (χ1v) is 12.4. The number of carbonyl (C=O) groups is 1. The van der Waals surface area contributed by atoms with Crippen LogP contribution in [0.2, 0.25) is 0 Å². The number of halogens is 1. The molecule has 3 N–H and O–H groups in total. The van der Waals surface area contributed by atoms with Gasteiger partial charge in [-0.1, -0.05) is 22.0 Å². The number of carbonyl (C=O) groups excluding carboxylic acids is 1. The highest BCUT2D eigenvalue weighted by Crippen LogP contribution is 2.26. The van der Waals surface area contributed by atoms with Gasteiger partial charge in [0.1, 0.15) is 5.82 Å². The molecule has 0 bridgehead atoms. The first kappa shape index (κ1) is 23.1. The second-order valence-corrected chi connectivity index (χ2v) is 9.76. The lowest BCUT2D eigenvalue weighted by atomic mass is 9.93. The van der Waals surface area contributed by atoms with Gasteiger partial charge in [-0.05, 0) is 88.2 Å². The van der Waals surface area contributed by atoms with Gasteiger partial charge in [-0.25, -0.2) is 4.98 Å². The molecule has 1 aliphatic carbocycles. The minimum Gasteiger partial charge on any atom is -0.393 e. The second-order valence-electron chi connectivity index (χ2n) is 8.91.